The molecular formula is C23H19N3O4S. The van der Waals surface area contributed by atoms with E-state index in [2.05, 4.69) is 34.8 Å². The fourth-order valence-electron chi connectivity index (χ4n) is 3.59. The van der Waals surface area contributed by atoms with Gasteiger partial charge in [0.15, 0.2) is 5.75 Å². The molecule has 0 saturated carbocycles. The number of nitro groups is 1. The van der Waals surface area contributed by atoms with Crippen molar-refractivity contribution in [1.82, 2.24) is 5.43 Å². The van der Waals surface area contributed by atoms with Gasteiger partial charge < -0.3 is 4.74 Å². The second kappa shape index (κ2) is 9.01. The SMILES string of the molecule is COc1ccc(/C=N\NC(=O)CSC2c3ccccc3-c3ccccc32)cc1[N+](=O)[O-]. The van der Waals surface area contributed by atoms with Gasteiger partial charge >= 0.3 is 5.69 Å². The van der Waals surface area contributed by atoms with Gasteiger partial charge in [0.25, 0.3) is 0 Å². The number of hydrogen-bond acceptors (Lipinski definition) is 6. The fraction of sp³-hybridized carbons (Fsp3) is 0.130. The maximum absolute atomic E-state index is 12.3. The molecule has 0 spiro atoms. The van der Waals surface area contributed by atoms with Crippen LogP contribution in [0.25, 0.3) is 11.1 Å². The molecule has 1 aliphatic rings. The van der Waals surface area contributed by atoms with Gasteiger partial charge in [0.05, 0.1) is 29.3 Å². The third kappa shape index (κ3) is 4.29. The molecule has 0 aliphatic heterocycles. The van der Waals surface area contributed by atoms with Gasteiger partial charge in [0, 0.05) is 11.6 Å². The number of nitrogens with one attached hydrogen (secondary N) is 1. The molecule has 3 aromatic rings. The first-order valence-electron chi connectivity index (χ1n) is 9.52. The number of rotatable bonds is 7. The molecule has 0 saturated heterocycles. The molecule has 0 radical (unpaired) electrons. The Bertz CT molecular complexity index is 1130. The molecule has 0 aromatic heterocycles. The number of amides is 1. The minimum Gasteiger partial charge on any atom is -0.490 e. The molecule has 7 nitrogen and oxygen atoms in total. The van der Waals surface area contributed by atoms with Crippen molar-refractivity contribution in [3.63, 3.8) is 0 Å². The van der Waals surface area contributed by atoms with Crippen molar-refractivity contribution >= 4 is 29.6 Å². The molecule has 0 unspecified atom stereocenters. The number of methoxy groups -OCH3 is 1. The molecule has 156 valence electrons. The summed E-state index contributed by atoms with van der Waals surface area (Å²) in [6.45, 7) is 0. The second-order valence-electron chi connectivity index (χ2n) is 6.85. The highest BCUT2D eigenvalue weighted by molar-refractivity contribution is 8.00. The Hall–Kier alpha value is -3.65. The van der Waals surface area contributed by atoms with Crippen LogP contribution < -0.4 is 10.2 Å². The lowest BCUT2D eigenvalue weighted by Gasteiger charge is -2.12. The molecule has 0 bridgehead atoms. The molecule has 1 N–H and O–H groups in total. The lowest BCUT2D eigenvalue weighted by atomic mass is 10.1. The minimum atomic E-state index is -0.525. The van der Waals surface area contributed by atoms with Crippen LogP contribution in [-0.2, 0) is 4.79 Å². The molecule has 3 aromatic carbocycles. The first-order chi connectivity index (χ1) is 15.1. The van der Waals surface area contributed by atoms with E-state index in [1.54, 1.807) is 17.8 Å². The summed E-state index contributed by atoms with van der Waals surface area (Å²) in [4.78, 5) is 22.9. The van der Waals surface area contributed by atoms with Crippen molar-refractivity contribution in [1.29, 1.82) is 0 Å². The van der Waals surface area contributed by atoms with Gasteiger partial charge in [-0.1, -0.05) is 48.5 Å². The zero-order valence-corrected chi connectivity index (χ0v) is 17.5. The van der Waals surface area contributed by atoms with Crippen molar-refractivity contribution in [2.75, 3.05) is 12.9 Å². The normalized spacial score (nSPS) is 12.4. The van der Waals surface area contributed by atoms with Gasteiger partial charge in [-0.05, 0) is 34.4 Å². The van der Waals surface area contributed by atoms with E-state index in [-0.39, 0.29) is 28.3 Å². The maximum Gasteiger partial charge on any atom is 0.311 e. The lowest BCUT2D eigenvalue weighted by molar-refractivity contribution is -0.385. The summed E-state index contributed by atoms with van der Waals surface area (Å²) in [6.07, 6.45) is 1.37. The first kappa shape index (κ1) is 20.6. The Morgan fingerprint density at radius 3 is 2.39 bits per heavy atom. The van der Waals surface area contributed by atoms with Crippen molar-refractivity contribution in [3.05, 3.63) is 93.5 Å². The number of hydrogen-bond donors (Lipinski definition) is 1. The number of hydrazone groups is 1. The minimum absolute atomic E-state index is 0.0892. The molecule has 0 heterocycles. The van der Waals surface area contributed by atoms with Crippen LogP contribution in [0.15, 0.2) is 71.8 Å². The number of ether oxygens (including phenoxy) is 1. The summed E-state index contributed by atoms with van der Waals surface area (Å²) in [5, 5.41) is 15.1. The maximum atomic E-state index is 12.3. The summed E-state index contributed by atoms with van der Waals surface area (Å²) in [7, 11) is 1.37. The topological polar surface area (TPSA) is 93.8 Å². The van der Waals surface area contributed by atoms with E-state index in [1.807, 2.05) is 24.3 Å². The average Bonchev–Trinajstić information content (AvgIpc) is 3.11. The highest BCUT2D eigenvalue weighted by atomic mass is 32.2. The molecule has 31 heavy (non-hydrogen) atoms. The number of benzene rings is 3. The zero-order chi connectivity index (χ0) is 21.8. The van der Waals surface area contributed by atoms with Crippen LogP contribution in [0.4, 0.5) is 5.69 Å². The molecule has 4 rings (SSSR count). The second-order valence-corrected chi connectivity index (χ2v) is 7.94. The van der Waals surface area contributed by atoms with Gasteiger partial charge in [0.1, 0.15) is 0 Å². The van der Waals surface area contributed by atoms with Crippen LogP contribution in [0.2, 0.25) is 0 Å². The standard InChI is InChI=1S/C23H19N3O4S/c1-30-21-11-10-15(12-20(21)26(28)29)13-24-25-22(27)14-31-23-18-8-4-2-6-16(18)17-7-3-5-9-19(17)23/h2-13,23H,14H2,1H3,(H,25,27)/b24-13-. The number of thioether (sulfide) groups is 1. The highest BCUT2D eigenvalue weighted by Gasteiger charge is 2.28. The van der Waals surface area contributed by atoms with Crippen LogP contribution in [0.3, 0.4) is 0 Å². The van der Waals surface area contributed by atoms with Gasteiger partial charge in [-0.2, -0.15) is 5.10 Å². The third-order valence-corrected chi connectivity index (χ3v) is 6.23. The van der Waals surface area contributed by atoms with E-state index < -0.39 is 4.92 Å². The Kier molecular flexibility index (Phi) is 5.99. The molecular weight excluding hydrogens is 414 g/mol. The fourth-order valence-corrected chi connectivity index (χ4v) is 4.74. The first-order valence-corrected chi connectivity index (χ1v) is 10.6. The van der Waals surface area contributed by atoms with Crippen LogP contribution in [0, 0.1) is 10.1 Å². The summed E-state index contributed by atoms with van der Waals surface area (Å²) in [5.41, 5.74) is 7.63. The average molecular weight is 433 g/mol. The van der Waals surface area contributed by atoms with Gasteiger partial charge in [-0.3, -0.25) is 14.9 Å². The Morgan fingerprint density at radius 2 is 1.77 bits per heavy atom. The van der Waals surface area contributed by atoms with E-state index in [4.69, 9.17) is 4.74 Å². The molecule has 8 heteroatoms. The number of carbonyl (C=O) groups is 1. The van der Waals surface area contributed by atoms with Crippen molar-refractivity contribution < 1.29 is 14.5 Å². The van der Waals surface area contributed by atoms with Gasteiger partial charge in [0.2, 0.25) is 5.91 Å². The molecule has 0 fully saturated rings. The van der Waals surface area contributed by atoms with E-state index in [9.17, 15) is 14.9 Å². The zero-order valence-electron chi connectivity index (χ0n) is 16.6. The van der Waals surface area contributed by atoms with E-state index in [1.165, 1.54) is 47.7 Å². The van der Waals surface area contributed by atoms with E-state index >= 15 is 0 Å². The summed E-state index contributed by atoms with van der Waals surface area (Å²) >= 11 is 1.54. The van der Waals surface area contributed by atoms with Crippen LogP contribution in [-0.4, -0.2) is 29.9 Å². The summed E-state index contributed by atoms with van der Waals surface area (Å²) < 4.78 is 4.98. The third-order valence-electron chi connectivity index (χ3n) is 4.96. The van der Waals surface area contributed by atoms with Crippen LogP contribution in [0.1, 0.15) is 21.9 Å². The monoisotopic (exact) mass is 433 g/mol. The molecule has 1 amide bonds. The van der Waals surface area contributed by atoms with E-state index in [0.717, 1.165) is 0 Å². The van der Waals surface area contributed by atoms with Crippen molar-refractivity contribution in [2.45, 2.75) is 5.25 Å². The van der Waals surface area contributed by atoms with Gasteiger partial charge in [-0.25, -0.2) is 5.43 Å². The van der Waals surface area contributed by atoms with Crippen LogP contribution in [0.5, 0.6) is 5.75 Å². The van der Waals surface area contributed by atoms with Crippen LogP contribution >= 0.6 is 11.8 Å². The molecule has 0 atom stereocenters. The van der Waals surface area contributed by atoms with E-state index in [0.29, 0.717) is 5.56 Å². The quantitative estimate of drug-likeness (QED) is 0.335. The summed E-state index contributed by atoms with van der Waals surface area (Å²) in [5.74, 6) is 0.152. The lowest BCUT2D eigenvalue weighted by Crippen LogP contribution is -2.20. The Balaban J connectivity index is 1.39. The van der Waals surface area contributed by atoms with Crippen molar-refractivity contribution in [3.8, 4) is 16.9 Å². The number of nitrogens with zero attached hydrogens (tertiary/aromatic N) is 2. The molecule has 1 aliphatic carbocycles. The predicted octanol–water partition coefficient (Wildman–Crippen LogP) is 4.56. The number of carbonyl (C=O) groups excluding carboxylic acids is 1. The highest BCUT2D eigenvalue weighted by Crippen LogP contribution is 2.49. The number of fused-ring (bicyclic) bond motifs is 3. The van der Waals surface area contributed by atoms with Gasteiger partial charge in [-0.15, -0.1) is 11.8 Å². The number of nitro benzene ring substituents is 1. The van der Waals surface area contributed by atoms with Crippen molar-refractivity contribution in [2.24, 2.45) is 5.10 Å². The Morgan fingerprint density at radius 1 is 1.13 bits per heavy atom. The summed E-state index contributed by atoms with van der Waals surface area (Å²) in [6, 6.07) is 20.9. The largest absolute Gasteiger partial charge is 0.490 e. The Labute approximate surface area is 183 Å². The predicted molar refractivity (Wildman–Crippen MR) is 122 cm³/mol. The smallest absolute Gasteiger partial charge is 0.311 e.